The third-order valence-corrected chi connectivity index (χ3v) is 5.89. The second kappa shape index (κ2) is 8.76. The standard InChI is InChI=1S/C22H19Cl2F2N3O/c23-17-1-2-18(25)21(24)15(17)4-6-30-20-9-14(10-29-22(20)27)13-7-12-3-5-28-11-16(12)19(26)8-13/h1-2,7-10,28H,3-6,11H2,(H2,27,29). The number of nitrogens with two attached hydrogens (primary N) is 1. The predicted octanol–water partition coefficient (Wildman–Crippen LogP) is 5.18. The van der Waals surface area contributed by atoms with E-state index in [4.69, 9.17) is 33.7 Å². The normalized spacial score (nSPS) is 13.2. The van der Waals surface area contributed by atoms with Crippen LogP contribution < -0.4 is 15.8 Å². The maximum atomic E-state index is 14.5. The Balaban J connectivity index is 1.55. The van der Waals surface area contributed by atoms with Crippen molar-refractivity contribution in [3.63, 3.8) is 0 Å². The molecule has 1 aliphatic rings. The molecular weight excluding hydrogens is 431 g/mol. The van der Waals surface area contributed by atoms with Gasteiger partial charge in [-0.2, -0.15) is 0 Å². The first-order valence-electron chi connectivity index (χ1n) is 9.47. The van der Waals surface area contributed by atoms with Gasteiger partial charge in [-0.25, -0.2) is 13.8 Å². The molecule has 3 aromatic rings. The van der Waals surface area contributed by atoms with Gasteiger partial charge in [0.1, 0.15) is 11.6 Å². The molecule has 3 N–H and O–H groups in total. The number of benzene rings is 2. The number of pyridine rings is 1. The topological polar surface area (TPSA) is 60.2 Å². The Morgan fingerprint density at radius 1 is 1.10 bits per heavy atom. The van der Waals surface area contributed by atoms with E-state index in [-0.39, 0.29) is 23.3 Å². The Hall–Kier alpha value is -2.41. The van der Waals surface area contributed by atoms with Gasteiger partial charge in [-0.15, -0.1) is 0 Å². The Bertz CT molecular complexity index is 1110. The minimum absolute atomic E-state index is 0.0232. The minimum atomic E-state index is -0.538. The number of aromatic nitrogens is 1. The van der Waals surface area contributed by atoms with E-state index in [9.17, 15) is 8.78 Å². The van der Waals surface area contributed by atoms with Crippen molar-refractivity contribution in [3.05, 3.63) is 74.9 Å². The zero-order valence-electron chi connectivity index (χ0n) is 15.9. The first-order valence-corrected chi connectivity index (χ1v) is 10.2. The van der Waals surface area contributed by atoms with E-state index in [1.165, 1.54) is 18.2 Å². The maximum absolute atomic E-state index is 14.5. The summed E-state index contributed by atoms with van der Waals surface area (Å²) < 4.78 is 34.0. The predicted molar refractivity (Wildman–Crippen MR) is 115 cm³/mol. The summed E-state index contributed by atoms with van der Waals surface area (Å²) in [6, 6.07) is 7.86. The van der Waals surface area contributed by atoms with Crippen molar-refractivity contribution in [2.45, 2.75) is 19.4 Å². The summed E-state index contributed by atoms with van der Waals surface area (Å²) in [5.74, 6) is -0.220. The summed E-state index contributed by atoms with van der Waals surface area (Å²) in [5.41, 5.74) is 9.50. The molecule has 30 heavy (non-hydrogen) atoms. The number of ether oxygens (including phenoxy) is 1. The van der Waals surface area contributed by atoms with Crippen LogP contribution in [0.25, 0.3) is 11.1 Å². The van der Waals surface area contributed by atoms with Crippen LogP contribution in [0.1, 0.15) is 16.7 Å². The highest BCUT2D eigenvalue weighted by Crippen LogP contribution is 2.32. The highest BCUT2D eigenvalue weighted by atomic mass is 35.5. The lowest BCUT2D eigenvalue weighted by Gasteiger charge is -2.19. The van der Waals surface area contributed by atoms with E-state index >= 15 is 0 Å². The summed E-state index contributed by atoms with van der Waals surface area (Å²) in [5, 5.41) is 3.52. The fraction of sp³-hybridized carbons (Fsp3) is 0.227. The van der Waals surface area contributed by atoms with Crippen molar-refractivity contribution in [1.82, 2.24) is 10.3 Å². The Morgan fingerprint density at radius 3 is 2.77 bits per heavy atom. The number of halogens is 4. The molecule has 0 fully saturated rings. The fourth-order valence-corrected chi connectivity index (χ4v) is 4.07. The van der Waals surface area contributed by atoms with Gasteiger partial charge in [-0.3, -0.25) is 0 Å². The largest absolute Gasteiger partial charge is 0.489 e. The van der Waals surface area contributed by atoms with Gasteiger partial charge >= 0.3 is 0 Å². The third-order valence-electron chi connectivity index (χ3n) is 5.12. The third kappa shape index (κ3) is 4.21. The van der Waals surface area contributed by atoms with Gasteiger partial charge < -0.3 is 15.8 Å². The lowest BCUT2D eigenvalue weighted by Crippen LogP contribution is -2.24. The van der Waals surface area contributed by atoms with Crippen molar-refractivity contribution in [3.8, 4) is 16.9 Å². The van der Waals surface area contributed by atoms with E-state index in [2.05, 4.69) is 10.3 Å². The molecule has 0 saturated carbocycles. The minimum Gasteiger partial charge on any atom is -0.489 e. The molecule has 1 aromatic heterocycles. The van der Waals surface area contributed by atoms with E-state index in [1.807, 2.05) is 6.07 Å². The number of rotatable bonds is 5. The molecule has 0 amide bonds. The molecule has 156 valence electrons. The number of hydrogen-bond acceptors (Lipinski definition) is 4. The van der Waals surface area contributed by atoms with Crippen LogP contribution in [-0.2, 0) is 19.4 Å². The summed E-state index contributed by atoms with van der Waals surface area (Å²) in [6.07, 6.45) is 2.64. The molecule has 0 unspecified atom stereocenters. The molecule has 0 saturated heterocycles. The van der Waals surface area contributed by atoms with Crippen molar-refractivity contribution in [2.24, 2.45) is 0 Å². The number of hydrogen-bond donors (Lipinski definition) is 2. The average molecular weight is 450 g/mol. The molecule has 4 nitrogen and oxygen atoms in total. The van der Waals surface area contributed by atoms with E-state index in [0.717, 1.165) is 18.5 Å². The first kappa shape index (κ1) is 20.8. The van der Waals surface area contributed by atoms with Gasteiger partial charge in [-0.05, 0) is 53.9 Å². The van der Waals surface area contributed by atoms with E-state index < -0.39 is 5.82 Å². The summed E-state index contributed by atoms with van der Waals surface area (Å²) in [7, 11) is 0. The quantitative estimate of drug-likeness (QED) is 0.526. The number of nitrogens with one attached hydrogen (secondary N) is 1. The molecule has 2 heterocycles. The second-order valence-electron chi connectivity index (χ2n) is 7.05. The SMILES string of the molecule is Nc1ncc(-c2cc(F)c3c(c2)CCNC3)cc1OCCc1c(Cl)ccc(F)c1Cl. The molecule has 0 spiro atoms. The van der Waals surface area contributed by atoms with Gasteiger partial charge in [0.25, 0.3) is 0 Å². The molecule has 0 bridgehead atoms. The lowest BCUT2D eigenvalue weighted by atomic mass is 9.95. The van der Waals surface area contributed by atoms with E-state index in [0.29, 0.717) is 46.0 Å². The smallest absolute Gasteiger partial charge is 0.166 e. The summed E-state index contributed by atoms with van der Waals surface area (Å²) in [6.45, 7) is 1.51. The van der Waals surface area contributed by atoms with Gasteiger partial charge in [0, 0.05) is 35.3 Å². The highest BCUT2D eigenvalue weighted by molar-refractivity contribution is 6.36. The van der Waals surface area contributed by atoms with Crippen LogP contribution in [0.2, 0.25) is 10.0 Å². The van der Waals surface area contributed by atoms with Crippen LogP contribution in [0.4, 0.5) is 14.6 Å². The van der Waals surface area contributed by atoms with Gasteiger partial charge in [0.2, 0.25) is 0 Å². The summed E-state index contributed by atoms with van der Waals surface area (Å²) in [4.78, 5) is 4.18. The maximum Gasteiger partial charge on any atom is 0.166 e. The Labute approximate surface area is 183 Å². The van der Waals surface area contributed by atoms with E-state index in [1.54, 1.807) is 12.3 Å². The fourth-order valence-electron chi connectivity index (χ4n) is 3.51. The molecule has 1 aliphatic heterocycles. The second-order valence-corrected chi connectivity index (χ2v) is 7.84. The molecule has 0 radical (unpaired) electrons. The van der Waals surface area contributed by atoms with Crippen LogP contribution in [0.15, 0.2) is 36.5 Å². The Morgan fingerprint density at radius 2 is 1.93 bits per heavy atom. The number of nitrogen functional groups attached to an aromatic ring is 1. The van der Waals surface area contributed by atoms with Crippen LogP contribution in [0, 0.1) is 11.6 Å². The first-order chi connectivity index (χ1) is 14.4. The molecule has 2 aromatic carbocycles. The van der Waals surface area contributed by atoms with Crippen molar-refractivity contribution < 1.29 is 13.5 Å². The molecule has 4 rings (SSSR count). The number of nitrogens with zero attached hydrogens (tertiary/aromatic N) is 1. The van der Waals surface area contributed by atoms with Crippen LogP contribution >= 0.6 is 23.2 Å². The lowest BCUT2D eigenvalue weighted by molar-refractivity contribution is 0.322. The average Bonchev–Trinajstić information content (AvgIpc) is 2.74. The van der Waals surface area contributed by atoms with Crippen molar-refractivity contribution in [1.29, 1.82) is 0 Å². The van der Waals surface area contributed by atoms with Crippen molar-refractivity contribution in [2.75, 3.05) is 18.9 Å². The number of anilines is 1. The Kier molecular flexibility index (Phi) is 6.09. The monoisotopic (exact) mass is 449 g/mol. The molecular formula is C22H19Cl2F2N3O. The number of fused-ring (bicyclic) bond motifs is 1. The van der Waals surface area contributed by atoms with Crippen LogP contribution in [0.3, 0.4) is 0 Å². The van der Waals surface area contributed by atoms with Crippen LogP contribution in [-0.4, -0.2) is 18.1 Å². The molecule has 0 aliphatic carbocycles. The summed E-state index contributed by atoms with van der Waals surface area (Å²) >= 11 is 12.1. The van der Waals surface area contributed by atoms with Crippen LogP contribution in [0.5, 0.6) is 5.75 Å². The zero-order valence-corrected chi connectivity index (χ0v) is 17.5. The van der Waals surface area contributed by atoms with Gasteiger partial charge in [-0.1, -0.05) is 29.3 Å². The van der Waals surface area contributed by atoms with Gasteiger partial charge in [0.05, 0.1) is 11.6 Å². The molecule has 8 heteroatoms. The highest BCUT2D eigenvalue weighted by Gasteiger charge is 2.16. The molecule has 0 atom stereocenters. The van der Waals surface area contributed by atoms with Crippen molar-refractivity contribution >= 4 is 29.0 Å². The van der Waals surface area contributed by atoms with Gasteiger partial charge in [0.15, 0.2) is 11.6 Å². The zero-order chi connectivity index (χ0) is 21.3.